The van der Waals surface area contributed by atoms with Gasteiger partial charge in [-0.25, -0.2) is 9.97 Å². The lowest BCUT2D eigenvalue weighted by molar-refractivity contribution is -0.138. The summed E-state index contributed by atoms with van der Waals surface area (Å²) in [6.45, 7) is 3.10. The molecule has 5 nitrogen and oxygen atoms in total. The molecule has 0 radical (unpaired) electrons. The molecular formula is C15H17F3N4OS. The molecule has 4 heterocycles. The Kier molecular flexibility index (Phi) is 5.09. The summed E-state index contributed by atoms with van der Waals surface area (Å²) < 4.78 is 37.2. The molecule has 130 valence electrons. The average molecular weight is 358 g/mol. The van der Waals surface area contributed by atoms with Gasteiger partial charge < -0.3 is 10.2 Å². The Bertz CT molecular complexity index is 612. The number of rotatable bonds is 4. The van der Waals surface area contributed by atoms with E-state index in [1.807, 2.05) is 0 Å². The second-order valence-electron chi connectivity index (χ2n) is 5.93. The lowest BCUT2D eigenvalue weighted by atomic mass is 9.84. The molecule has 1 aromatic rings. The predicted molar refractivity (Wildman–Crippen MR) is 83.1 cm³/mol. The maximum Gasteiger partial charge on any atom is 0.419 e. The van der Waals surface area contributed by atoms with Crippen LogP contribution >= 0.6 is 11.8 Å². The number of carbonyl (C=O) groups excluding carboxylic acids is 1. The first-order valence-electron chi connectivity index (χ1n) is 7.67. The fourth-order valence-corrected chi connectivity index (χ4v) is 3.58. The Labute approximate surface area is 141 Å². The number of hydrogen-bond donors (Lipinski definition) is 1. The van der Waals surface area contributed by atoms with Gasteiger partial charge in [-0.15, -0.1) is 0 Å². The number of fused-ring (bicyclic) bond motifs is 3. The van der Waals surface area contributed by atoms with Gasteiger partial charge in [0, 0.05) is 31.1 Å². The van der Waals surface area contributed by atoms with Gasteiger partial charge in [-0.3, -0.25) is 4.79 Å². The van der Waals surface area contributed by atoms with E-state index in [2.05, 4.69) is 20.2 Å². The minimum atomic E-state index is -4.45. The maximum absolute atomic E-state index is 12.4. The van der Waals surface area contributed by atoms with E-state index in [9.17, 15) is 18.0 Å². The Morgan fingerprint density at radius 1 is 1.29 bits per heavy atom. The van der Waals surface area contributed by atoms with Crippen molar-refractivity contribution in [3.63, 3.8) is 0 Å². The molecule has 3 fully saturated rings. The largest absolute Gasteiger partial charge is 0.419 e. The van der Waals surface area contributed by atoms with Crippen LogP contribution in [0.1, 0.15) is 18.4 Å². The molecule has 3 aliphatic rings. The van der Waals surface area contributed by atoms with Crippen LogP contribution in [0.4, 0.5) is 13.2 Å². The van der Waals surface area contributed by atoms with Crippen LogP contribution in [0.25, 0.3) is 0 Å². The SMILES string of the molecule is O=C(/C=C\Sc1ncc(C(F)(F)F)cn1)N[C@H]1CN2CCC1CC2. The smallest absolute Gasteiger partial charge is 0.348 e. The molecule has 0 saturated carbocycles. The molecule has 1 atom stereocenters. The number of thioether (sulfide) groups is 1. The van der Waals surface area contributed by atoms with Crippen molar-refractivity contribution in [3.8, 4) is 0 Å². The van der Waals surface area contributed by atoms with E-state index in [4.69, 9.17) is 0 Å². The van der Waals surface area contributed by atoms with E-state index in [-0.39, 0.29) is 17.1 Å². The van der Waals surface area contributed by atoms with Crippen LogP contribution < -0.4 is 5.32 Å². The van der Waals surface area contributed by atoms with Crippen LogP contribution in [0, 0.1) is 5.92 Å². The van der Waals surface area contributed by atoms with Crippen LogP contribution in [-0.4, -0.2) is 46.5 Å². The topological polar surface area (TPSA) is 58.1 Å². The standard InChI is InChI=1S/C15H17F3N4OS/c16-15(17,18)11-7-19-14(20-8-11)24-6-3-13(23)21-12-9-22-4-1-10(12)2-5-22/h3,6-8,10,12H,1-2,4-5,9H2,(H,21,23)/b6-3-/t12-/m0/s1. The monoisotopic (exact) mass is 358 g/mol. The zero-order valence-corrected chi connectivity index (χ0v) is 13.6. The molecule has 1 N–H and O–H groups in total. The highest BCUT2D eigenvalue weighted by molar-refractivity contribution is 8.02. The van der Waals surface area contributed by atoms with Crippen molar-refractivity contribution in [1.82, 2.24) is 20.2 Å². The number of piperidine rings is 3. The molecule has 1 amide bonds. The summed E-state index contributed by atoms with van der Waals surface area (Å²) >= 11 is 1.00. The quantitative estimate of drug-likeness (QED) is 0.509. The van der Waals surface area contributed by atoms with Crippen molar-refractivity contribution in [2.45, 2.75) is 30.2 Å². The van der Waals surface area contributed by atoms with Crippen molar-refractivity contribution in [2.24, 2.45) is 5.92 Å². The molecular weight excluding hydrogens is 341 g/mol. The van der Waals surface area contributed by atoms with Crippen LogP contribution in [0.15, 0.2) is 29.0 Å². The minimum Gasteiger partial charge on any atom is -0.348 e. The fraction of sp³-hybridized carbons (Fsp3) is 0.533. The molecule has 4 rings (SSSR count). The summed E-state index contributed by atoms with van der Waals surface area (Å²) in [5.41, 5.74) is -0.893. The third-order valence-electron chi connectivity index (χ3n) is 4.33. The van der Waals surface area contributed by atoms with Gasteiger partial charge in [-0.05, 0) is 37.3 Å². The zero-order chi connectivity index (χ0) is 17.2. The number of aromatic nitrogens is 2. The van der Waals surface area contributed by atoms with Gasteiger partial charge in [0.25, 0.3) is 0 Å². The highest BCUT2D eigenvalue weighted by Crippen LogP contribution is 2.29. The van der Waals surface area contributed by atoms with Crippen LogP contribution in [-0.2, 0) is 11.0 Å². The van der Waals surface area contributed by atoms with E-state index in [0.29, 0.717) is 5.92 Å². The van der Waals surface area contributed by atoms with Gasteiger partial charge in [-0.2, -0.15) is 13.2 Å². The number of alkyl halides is 3. The summed E-state index contributed by atoms with van der Waals surface area (Å²) in [5, 5.41) is 4.64. The predicted octanol–water partition coefficient (Wildman–Crippen LogP) is 2.31. The van der Waals surface area contributed by atoms with Gasteiger partial charge in [0.05, 0.1) is 5.56 Å². The Morgan fingerprint density at radius 3 is 2.50 bits per heavy atom. The van der Waals surface area contributed by atoms with E-state index < -0.39 is 11.7 Å². The van der Waals surface area contributed by atoms with Gasteiger partial charge >= 0.3 is 6.18 Å². The van der Waals surface area contributed by atoms with Crippen LogP contribution in [0.2, 0.25) is 0 Å². The van der Waals surface area contributed by atoms with Crippen molar-refractivity contribution < 1.29 is 18.0 Å². The van der Waals surface area contributed by atoms with Gasteiger partial charge in [-0.1, -0.05) is 11.8 Å². The number of hydrogen-bond acceptors (Lipinski definition) is 5. The normalized spacial score (nSPS) is 26.7. The second kappa shape index (κ2) is 7.10. The molecule has 24 heavy (non-hydrogen) atoms. The van der Waals surface area contributed by atoms with E-state index in [0.717, 1.165) is 56.6 Å². The molecule has 2 bridgehead atoms. The number of amides is 1. The van der Waals surface area contributed by atoms with Gasteiger partial charge in [0.2, 0.25) is 5.91 Å². The highest BCUT2D eigenvalue weighted by atomic mass is 32.2. The number of nitrogens with zero attached hydrogens (tertiary/aromatic N) is 3. The van der Waals surface area contributed by atoms with Gasteiger partial charge in [0.1, 0.15) is 0 Å². The molecule has 0 unspecified atom stereocenters. The summed E-state index contributed by atoms with van der Waals surface area (Å²) in [6, 6.07) is 0.178. The van der Waals surface area contributed by atoms with Crippen molar-refractivity contribution in [1.29, 1.82) is 0 Å². The summed E-state index contributed by atoms with van der Waals surface area (Å²) in [6.07, 6.45) is 0.607. The second-order valence-corrected chi connectivity index (χ2v) is 6.80. The molecule has 0 aromatic carbocycles. The highest BCUT2D eigenvalue weighted by Gasteiger charge is 2.34. The maximum atomic E-state index is 12.4. The Hall–Kier alpha value is -1.61. The Balaban J connectivity index is 1.48. The lowest BCUT2D eigenvalue weighted by Crippen LogP contribution is -2.57. The third kappa shape index (κ3) is 4.27. The van der Waals surface area contributed by atoms with E-state index in [1.165, 1.54) is 11.5 Å². The van der Waals surface area contributed by atoms with Crippen molar-refractivity contribution in [2.75, 3.05) is 19.6 Å². The van der Waals surface area contributed by atoms with Crippen LogP contribution in [0.3, 0.4) is 0 Å². The first-order chi connectivity index (χ1) is 11.4. The molecule has 3 saturated heterocycles. The van der Waals surface area contributed by atoms with Gasteiger partial charge in [0.15, 0.2) is 5.16 Å². The zero-order valence-electron chi connectivity index (χ0n) is 12.8. The lowest BCUT2D eigenvalue weighted by Gasteiger charge is -2.44. The molecule has 9 heteroatoms. The van der Waals surface area contributed by atoms with E-state index >= 15 is 0 Å². The molecule has 1 aromatic heterocycles. The van der Waals surface area contributed by atoms with Crippen LogP contribution in [0.5, 0.6) is 0 Å². The van der Waals surface area contributed by atoms with Crippen molar-refractivity contribution in [3.05, 3.63) is 29.4 Å². The molecule has 0 spiro atoms. The summed E-state index contributed by atoms with van der Waals surface area (Å²) in [4.78, 5) is 21.6. The minimum absolute atomic E-state index is 0.162. The molecule has 3 aliphatic heterocycles. The van der Waals surface area contributed by atoms with E-state index in [1.54, 1.807) is 0 Å². The summed E-state index contributed by atoms with van der Waals surface area (Å²) in [7, 11) is 0. The Morgan fingerprint density at radius 2 is 1.96 bits per heavy atom. The number of nitrogens with one attached hydrogen (secondary N) is 1. The third-order valence-corrected chi connectivity index (χ3v) is 5.03. The first-order valence-corrected chi connectivity index (χ1v) is 8.55. The fourth-order valence-electron chi connectivity index (χ4n) is 3.04. The number of halogens is 3. The number of carbonyl (C=O) groups is 1. The molecule has 0 aliphatic carbocycles. The van der Waals surface area contributed by atoms with Crippen molar-refractivity contribution >= 4 is 17.7 Å². The average Bonchev–Trinajstić information content (AvgIpc) is 2.55. The summed E-state index contributed by atoms with van der Waals surface area (Å²) in [5.74, 6) is 0.339. The first kappa shape index (κ1) is 17.2.